The van der Waals surface area contributed by atoms with Crippen molar-refractivity contribution in [2.24, 2.45) is 35.5 Å². The van der Waals surface area contributed by atoms with Gasteiger partial charge in [-0.1, -0.05) is 0 Å². The van der Waals surface area contributed by atoms with Gasteiger partial charge in [0, 0.05) is 23.7 Å². The number of hydrogen-bond donors (Lipinski definition) is 0. The average Bonchev–Trinajstić information content (AvgIpc) is 3.14. The molecule has 0 spiro atoms. The molecule has 2 saturated carbocycles. The Balaban J connectivity index is 1.38. The van der Waals surface area contributed by atoms with E-state index in [2.05, 4.69) is 0 Å². The summed E-state index contributed by atoms with van der Waals surface area (Å²) in [4.78, 5) is 0. The fraction of sp³-hybridized carbons (Fsp3) is 0.714. The fourth-order valence-corrected chi connectivity index (χ4v) is 5.39. The van der Waals surface area contributed by atoms with Gasteiger partial charge in [0.15, 0.2) is 0 Å². The van der Waals surface area contributed by atoms with E-state index in [0.717, 1.165) is 35.5 Å². The van der Waals surface area contributed by atoms with Crippen LogP contribution < -0.4 is 0 Å². The number of hydrogen-bond acceptors (Lipinski definition) is 2. The van der Waals surface area contributed by atoms with Gasteiger partial charge in [-0.2, -0.15) is 0 Å². The van der Waals surface area contributed by atoms with Crippen LogP contribution in [0, 0.1) is 35.5 Å². The molecule has 2 heterocycles. The Morgan fingerprint density at radius 1 is 0.625 bits per heavy atom. The molecule has 0 aromatic carbocycles. The standard InChI is InChI=1S/C14H14O2/c1-5-3-9(13-11(5)15-13)7(1)8-2-6-4-10(8)14-12(6)16-14/h5-10H,1-4H2. The first-order valence-electron chi connectivity index (χ1n) is 6.74. The first-order chi connectivity index (χ1) is 7.90. The minimum atomic E-state index is 0.812. The van der Waals surface area contributed by atoms with Gasteiger partial charge in [-0.05, 0) is 37.5 Å². The third-order valence-electron chi connectivity index (χ3n) is 6.03. The van der Waals surface area contributed by atoms with Crippen LogP contribution >= 0.6 is 0 Å². The highest BCUT2D eigenvalue weighted by atomic mass is 16.6. The lowest BCUT2D eigenvalue weighted by atomic mass is 9.75. The van der Waals surface area contributed by atoms with Gasteiger partial charge < -0.3 is 9.47 Å². The van der Waals surface area contributed by atoms with Gasteiger partial charge in [-0.25, -0.2) is 0 Å². The largest absolute Gasteiger partial charge is 0.458 e. The Morgan fingerprint density at radius 3 is 1.50 bits per heavy atom. The minimum absolute atomic E-state index is 0.812. The van der Waals surface area contributed by atoms with Gasteiger partial charge in [0.05, 0.1) is 0 Å². The fourth-order valence-electron chi connectivity index (χ4n) is 5.39. The highest BCUT2D eigenvalue weighted by molar-refractivity contribution is 5.38. The summed E-state index contributed by atoms with van der Waals surface area (Å²) in [6.45, 7) is 0. The predicted molar refractivity (Wildman–Crippen MR) is 55.6 cm³/mol. The van der Waals surface area contributed by atoms with Crippen LogP contribution in [0.1, 0.15) is 25.7 Å². The van der Waals surface area contributed by atoms with Gasteiger partial charge in [0.25, 0.3) is 0 Å². The predicted octanol–water partition coefficient (Wildman–Crippen LogP) is 2.78. The van der Waals surface area contributed by atoms with Crippen molar-refractivity contribution in [1.82, 2.24) is 0 Å². The lowest BCUT2D eigenvalue weighted by molar-refractivity contribution is 0.220. The molecule has 0 aromatic rings. The molecule has 0 saturated heterocycles. The zero-order valence-corrected chi connectivity index (χ0v) is 9.11. The van der Waals surface area contributed by atoms with Crippen molar-refractivity contribution in [1.29, 1.82) is 0 Å². The van der Waals surface area contributed by atoms with E-state index in [1.54, 1.807) is 0 Å². The summed E-state index contributed by atoms with van der Waals surface area (Å²) >= 11 is 0. The van der Waals surface area contributed by atoms with E-state index in [0.29, 0.717) is 0 Å². The summed E-state index contributed by atoms with van der Waals surface area (Å²) < 4.78 is 11.3. The molecule has 6 rings (SSSR count). The highest BCUT2D eigenvalue weighted by Gasteiger charge is 2.63. The van der Waals surface area contributed by atoms with Crippen LogP contribution in [0.15, 0.2) is 23.0 Å². The Morgan fingerprint density at radius 2 is 1.12 bits per heavy atom. The van der Waals surface area contributed by atoms with E-state index in [1.807, 2.05) is 0 Å². The number of rotatable bonds is 1. The van der Waals surface area contributed by atoms with Crippen LogP contribution in [0.2, 0.25) is 0 Å². The SMILES string of the molecule is C1C2CC(C3CC4CC3C3=C4O3)C1C1=C2O1. The topological polar surface area (TPSA) is 25.1 Å². The van der Waals surface area contributed by atoms with Gasteiger partial charge in [0.2, 0.25) is 0 Å². The third kappa shape index (κ3) is 0.629. The number of allylic oxidation sites excluding steroid dienone is 4. The minimum Gasteiger partial charge on any atom is -0.458 e. The van der Waals surface area contributed by atoms with E-state index >= 15 is 0 Å². The summed E-state index contributed by atoms with van der Waals surface area (Å²) in [6, 6.07) is 0. The van der Waals surface area contributed by atoms with Crippen LogP contribution in [-0.4, -0.2) is 0 Å². The average molecular weight is 214 g/mol. The lowest BCUT2D eigenvalue weighted by Gasteiger charge is -2.27. The summed E-state index contributed by atoms with van der Waals surface area (Å²) in [7, 11) is 0. The Bertz CT molecular complexity index is 455. The summed E-state index contributed by atoms with van der Waals surface area (Å²) in [5.41, 5.74) is 0. The third-order valence-corrected chi connectivity index (χ3v) is 6.03. The molecule has 0 amide bonds. The van der Waals surface area contributed by atoms with Gasteiger partial charge in [-0.3, -0.25) is 0 Å². The molecule has 16 heavy (non-hydrogen) atoms. The molecule has 2 aliphatic heterocycles. The summed E-state index contributed by atoms with van der Waals surface area (Å²) in [5.74, 6) is 10.7. The van der Waals surface area contributed by atoms with Gasteiger partial charge in [0.1, 0.15) is 23.0 Å². The lowest BCUT2D eigenvalue weighted by Crippen LogP contribution is -2.23. The van der Waals surface area contributed by atoms with Crippen molar-refractivity contribution >= 4 is 0 Å². The molecule has 82 valence electrons. The zero-order valence-electron chi connectivity index (χ0n) is 9.11. The molecule has 2 nitrogen and oxygen atoms in total. The molecule has 2 fully saturated rings. The van der Waals surface area contributed by atoms with Crippen LogP contribution in [0.5, 0.6) is 0 Å². The molecular formula is C14H14O2. The second-order valence-corrected chi connectivity index (χ2v) is 6.54. The number of fused-ring (bicyclic) bond motifs is 8. The Hall–Kier alpha value is -0.920. The van der Waals surface area contributed by atoms with Gasteiger partial charge in [-0.15, -0.1) is 0 Å². The van der Waals surface area contributed by atoms with Crippen molar-refractivity contribution in [2.75, 3.05) is 0 Å². The van der Waals surface area contributed by atoms with Crippen LogP contribution in [-0.2, 0) is 9.47 Å². The monoisotopic (exact) mass is 214 g/mol. The van der Waals surface area contributed by atoms with Crippen molar-refractivity contribution in [3.8, 4) is 0 Å². The molecule has 0 aromatic heterocycles. The van der Waals surface area contributed by atoms with E-state index in [9.17, 15) is 0 Å². The first kappa shape index (κ1) is 7.41. The van der Waals surface area contributed by atoms with Crippen molar-refractivity contribution in [2.45, 2.75) is 25.7 Å². The molecule has 0 N–H and O–H groups in total. The molecular weight excluding hydrogens is 200 g/mol. The summed E-state index contributed by atoms with van der Waals surface area (Å²) in [5, 5.41) is 0. The van der Waals surface area contributed by atoms with E-state index in [-0.39, 0.29) is 0 Å². The maximum Gasteiger partial charge on any atom is 0.146 e. The number of ether oxygens (including phenoxy) is 2. The highest BCUT2D eigenvalue weighted by Crippen LogP contribution is 2.69. The second kappa shape index (κ2) is 1.96. The zero-order chi connectivity index (χ0) is 10.0. The van der Waals surface area contributed by atoms with E-state index in [1.165, 1.54) is 48.7 Å². The van der Waals surface area contributed by atoms with Crippen LogP contribution in [0.4, 0.5) is 0 Å². The Labute approximate surface area is 94.3 Å². The van der Waals surface area contributed by atoms with E-state index < -0.39 is 0 Å². The summed E-state index contributed by atoms with van der Waals surface area (Å²) in [6.07, 6.45) is 5.66. The molecule has 6 unspecified atom stereocenters. The smallest absolute Gasteiger partial charge is 0.146 e. The maximum absolute atomic E-state index is 5.64. The maximum atomic E-state index is 5.64. The normalized spacial score (nSPS) is 57.5. The molecule has 6 atom stereocenters. The molecule has 2 heteroatoms. The van der Waals surface area contributed by atoms with Crippen LogP contribution in [0.3, 0.4) is 0 Å². The molecule has 0 radical (unpaired) electrons. The van der Waals surface area contributed by atoms with Gasteiger partial charge >= 0.3 is 0 Å². The quantitative estimate of drug-likeness (QED) is 0.670. The molecule has 4 bridgehead atoms. The van der Waals surface area contributed by atoms with Crippen molar-refractivity contribution in [3.63, 3.8) is 0 Å². The van der Waals surface area contributed by atoms with Crippen LogP contribution in [0.25, 0.3) is 0 Å². The second-order valence-electron chi connectivity index (χ2n) is 6.54. The first-order valence-corrected chi connectivity index (χ1v) is 6.74. The molecule has 6 aliphatic rings. The molecule has 4 aliphatic carbocycles. The Kier molecular flexibility index (Phi) is 0.907. The van der Waals surface area contributed by atoms with E-state index in [4.69, 9.17) is 9.47 Å². The van der Waals surface area contributed by atoms with Crippen molar-refractivity contribution in [3.05, 3.63) is 23.0 Å². The van der Waals surface area contributed by atoms with Crippen molar-refractivity contribution < 1.29 is 9.47 Å².